The molecule has 1 aliphatic heterocycles. The van der Waals surface area contributed by atoms with Gasteiger partial charge in [-0.05, 0) is 66.6 Å². The lowest BCUT2D eigenvalue weighted by molar-refractivity contribution is -0.114. The van der Waals surface area contributed by atoms with Crippen LogP contribution in [0.15, 0.2) is 113 Å². The molecule has 2 N–H and O–H groups in total. The number of carbonyl (C=O) groups is 2. The smallest absolute Gasteiger partial charge is 0.254 e. The third-order valence-electron chi connectivity index (χ3n) is 6.93. The van der Waals surface area contributed by atoms with Crippen LogP contribution in [0.2, 0.25) is 0 Å². The Balaban J connectivity index is 1.40. The van der Waals surface area contributed by atoms with Gasteiger partial charge in [-0.25, -0.2) is 4.99 Å². The van der Waals surface area contributed by atoms with E-state index in [-0.39, 0.29) is 17.6 Å². The largest absolute Gasteiger partial charge is 0.494 e. The van der Waals surface area contributed by atoms with Gasteiger partial charge >= 0.3 is 0 Å². The van der Waals surface area contributed by atoms with Crippen LogP contribution in [0.3, 0.4) is 0 Å². The molecule has 210 valence electrons. The molecule has 0 radical (unpaired) electrons. The van der Waals surface area contributed by atoms with Gasteiger partial charge in [-0.1, -0.05) is 72.4 Å². The number of nitrogens with zero attached hydrogens (tertiary/aromatic N) is 2. The predicted molar refractivity (Wildman–Crippen MR) is 170 cm³/mol. The number of allylic oxidation sites excluding steroid dienone is 1. The number of aliphatic imine (C=N–C) groups is 1. The first-order chi connectivity index (χ1) is 20.5. The maximum absolute atomic E-state index is 13.6. The summed E-state index contributed by atoms with van der Waals surface area (Å²) in [4.78, 5) is 31.2. The molecule has 2 amide bonds. The Morgan fingerprint density at radius 1 is 0.905 bits per heavy atom. The summed E-state index contributed by atoms with van der Waals surface area (Å²) in [6, 6.07) is 32.7. The molecule has 42 heavy (non-hydrogen) atoms. The minimum atomic E-state index is -0.762. The fourth-order valence-electron chi connectivity index (χ4n) is 5.01. The molecule has 4 aromatic carbocycles. The highest BCUT2D eigenvalue weighted by molar-refractivity contribution is 8.14. The quantitative estimate of drug-likeness (QED) is 0.232. The van der Waals surface area contributed by atoms with Crippen molar-refractivity contribution in [3.05, 3.63) is 114 Å². The summed E-state index contributed by atoms with van der Waals surface area (Å²) in [5, 5.41) is 18.9. The number of hydrogen-bond donors (Lipinski definition) is 2. The molecule has 1 heterocycles. The number of ether oxygens (including phenoxy) is 1. The van der Waals surface area contributed by atoms with E-state index in [2.05, 4.69) is 16.7 Å². The van der Waals surface area contributed by atoms with Crippen molar-refractivity contribution < 1.29 is 14.3 Å². The van der Waals surface area contributed by atoms with Crippen molar-refractivity contribution in [2.45, 2.75) is 19.8 Å². The Morgan fingerprint density at radius 2 is 1.62 bits per heavy atom. The maximum atomic E-state index is 13.6. The highest BCUT2D eigenvalue weighted by Crippen LogP contribution is 2.42. The van der Waals surface area contributed by atoms with E-state index < -0.39 is 11.8 Å². The molecule has 8 heteroatoms. The Hall–Kier alpha value is -4.87. The molecular weight excluding hydrogens is 544 g/mol. The van der Waals surface area contributed by atoms with Gasteiger partial charge in [0, 0.05) is 28.6 Å². The van der Waals surface area contributed by atoms with E-state index in [1.165, 1.54) is 11.8 Å². The van der Waals surface area contributed by atoms with Crippen LogP contribution >= 0.6 is 11.8 Å². The fraction of sp³-hybridized carbons (Fsp3) is 0.176. The van der Waals surface area contributed by atoms with E-state index in [1.807, 2.05) is 104 Å². The lowest BCUT2D eigenvalue weighted by Gasteiger charge is -2.30. The van der Waals surface area contributed by atoms with Crippen LogP contribution in [0.5, 0.6) is 5.75 Å². The van der Waals surface area contributed by atoms with Gasteiger partial charge in [0.1, 0.15) is 11.7 Å². The topological polar surface area (TPSA) is 104 Å². The molecule has 0 bridgehead atoms. The summed E-state index contributed by atoms with van der Waals surface area (Å²) < 4.78 is 5.61. The van der Waals surface area contributed by atoms with E-state index in [0.29, 0.717) is 40.0 Å². The van der Waals surface area contributed by atoms with Crippen molar-refractivity contribution in [2.75, 3.05) is 23.0 Å². The molecule has 0 fully saturated rings. The normalized spacial score (nSPS) is 16.4. The summed E-state index contributed by atoms with van der Waals surface area (Å²) in [6.45, 7) is 4.21. The van der Waals surface area contributed by atoms with Crippen molar-refractivity contribution in [1.29, 1.82) is 5.26 Å². The fourth-order valence-corrected chi connectivity index (χ4v) is 5.93. The van der Waals surface area contributed by atoms with Gasteiger partial charge in [0.2, 0.25) is 5.91 Å². The van der Waals surface area contributed by atoms with Gasteiger partial charge in [-0.15, -0.1) is 0 Å². The first-order valence-corrected chi connectivity index (χ1v) is 14.6. The first-order valence-electron chi connectivity index (χ1n) is 13.7. The Bertz CT molecular complexity index is 1710. The number of rotatable bonds is 8. The van der Waals surface area contributed by atoms with Gasteiger partial charge in [0.05, 0.1) is 23.5 Å². The van der Waals surface area contributed by atoms with Gasteiger partial charge in [-0.3, -0.25) is 9.59 Å². The third-order valence-corrected chi connectivity index (χ3v) is 7.98. The summed E-state index contributed by atoms with van der Waals surface area (Å²) in [7, 11) is 0. The van der Waals surface area contributed by atoms with E-state index in [9.17, 15) is 14.9 Å². The zero-order valence-electron chi connectivity index (χ0n) is 23.3. The third kappa shape index (κ3) is 6.54. The summed E-state index contributed by atoms with van der Waals surface area (Å²) in [5.74, 6) is -1.10. The second-order valence-electron chi connectivity index (χ2n) is 9.75. The molecule has 5 rings (SSSR count). The van der Waals surface area contributed by atoms with Crippen LogP contribution in [0.25, 0.3) is 10.8 Å². The van der Waals surface area contributed by atoms with Crippen molar-refractivity contribution >= 4 is 50.8 Å². The molecule has 0 aliphatic carbocycles. The molecule has 4 aromatic rings. The maximum Gasteiger partial charge on any atom is 0.254 e. The summed E-state index contributed by atoms with van der Waals surface area (Å²) in [5.41, 5.74) is 3.06. The zero-order valence-corrected chi connectivity index (χ0v) is 24.2. The van der Waals surface area contributed by atoms with Gasteiger partial charge in [-0.2, -0.15) is 5.26 Å². The lowest BCUT2D eigenvalue weighted by atomic mass is 9.78. The number of fused-ring (bicyclic) bond motifs is 1. The van der Waals surface area contributed by atoms with Crippen molar-refractivity contribution in [3.8, 4) is 11.8 Å². The van der Waals surface area contributed by atoms with Crippen LogP contribution < -0.4 is 15.4 Å². The first kappa shape index (κ1) is 28.7. The van der Waals surface area contributed by atoms with E-state index in [1.54, 1.807) is 6.92 Å². The molecule has 7 nitrogen and oxygen atoms in total. The number of nitrogens with one attached hydrogen (secondary N) is 2. The molecule has 1 unspecified atom stereocenters. The van der Waals surface area contributed by atoms with Crippen LogP contribution in [0, 0.1) is 17.2 Å². The minimum Gasteiger partial charge on any atom is -0.494 e. The number of amides is 2. The second-order valence-corrected chi connectivity index (χ2v) is 10.8. The number of carbonyl (C=O) groups excluding carboxylic acids is 2. The SMILES string of the molecule is CCOc1ccc([C@H]2C(C(=O)Nc3ccccc3)=C(C)N=C(SCC(=O)Nc3ccc4ccccc4c3)C2C#N)cc1. The zero-order chi connectivity index (χ0) is 29.5. The van der Waals surface area contributed by atoms with E-state index in [4.69, 9.17) is 9.73 Å². The van der Waals surface area contributed by atoms with Crippen molar-refractivity contribution in [2.24, 2.45) is 10.9 Å². The molecule has 0 saturated carbocycles. The van der Waals surface area contributed by atoms with Gasteiger partial charge in [0.15, 0.2) is 0 Å². The second kappa shape index (κ2) is 13.2. The minimum absolute atomic E-state index is 0.0681. The average Bonchev–Trinajstić information content (AvgIpc) is 3.00. The Morgan fingerprint density at radius 3 is 2.33 bits per heavy atom. The molecule has 2 atom stereocenters. The number of thioether (sulfide) groups is 1. The molecule has 0 spiro atoms. The molecule has 0 aromatic heterocycles. The molecule has 1 aliphatic rings. The molecule has 0 saturated heterocycles. The summed E-state index contributed by atoms with van der Waals surface area (Å²) in [6.07, 6.45) is 0. The van der Waals surface area contributed by atoms with Crippen LogP contribution in [-0.4, -0.2) is 29.2 Å². The summed E-state index contributed by atoms with van der Waals surface area (Å²) >= 11 is 1.22. The number of para-hydroxylation sites is 1. The van der Waals surface area contributed by atoms with E-state index in [0.717, 1.165) is 16.3 Å². The lowest BCUT2D eigenvalue weighted by Crippen LogP contribution is -2.31. The number of nitriles is 1. The van der Waals surface area contributed by atoms with Gasteiger partial charge in [0.25, 0.3) is 5.91 Å². The highest BCUT2D eigenvalue weighted by Gasteiger charge is 2.39. The Labute approximate surface area is 249 Å². The standard InChI is InChI=1S/C34H30N4O3S/c1-3-41-28-17-14-24(15-18-28)32-29(20-35)34(36-22(2)31(32)33(40)38-26-11-5-4-6-12-26)42-21-30(39)37-27-16-13-23-9-7-8-10-25(23)19-27/h4-19,29,32H,3,21H2,1-2H3,(H,37,39)(H,38,40)/t29?,32-/m1/s1. The molecular formula is C34H30N4O3S. The van der Waals surface area contributed by atoms with Crippen molar-refractivity contribution in [3.63, 3.8) is 0 Å². The monoisotopic (exact) mass is 574 g/mol. The van der Waals surface area contributed by atoms with Crippen LogP contribution in [-0.2, 0) is 9.59 Å². The average molecular weight is 575 g/mol. The predicted octanol–water partition coefficient (Wildman–Crippen LogP) is 7.16. The van der Waals surface area contributed by atoms with Crippen molar-refractivity contribution in [1.82, 2.24) is 0 Å². The van der Waals surface area contributed by atoms with E-state index >= 15 is 0 Å². The number of benzene rings is 4. The number of anilines is 2. The van der Waals surface area contributed by atoms with Crippen LogP contribution in [0.4, 0.5) is 11.4 Å². The highest BCUT2D eigenvalue weighted by atomic mass is 32.2. The Kier molecular flexibility index (Phi) is 9.00. The van der Waals surface area contributed by atoms with Crippen LogP contribution in [0.1, 0.15) is 25.3 Å². The number of hydrogen-bond acceptors (Lipinski definition) is 6. The van der Waals surface area contributed by atoms with Gasteiger partial charge < -0.3 is 15.4 Å².